The van der Waals surface area contributed by atoms with Crippen molar-refractivity contribution in [3.8, 4) is 0 Å². The number of amides is 3. The number of ether oxygens (including phenoxy) is 3. The average molecular weight is 1470 g/mol. The van der Waals surface area contributed by atoms with Crippen molar-refractivity contribution in [1.29, 1.82) is 0 Å². The number of nitrogens with zero attached hydrogens (tertiary/aromatic N) is 2. The quantitative estimate of drug-likeness (QED) is 0.0460. The highest BCUT2D eigenvalue weighted by Crippen LogP contribution is 2.29. The summed E-state index contributed by atoms with van der Waals surface area (Å²) in [7, 11) is 0. The van der Waals surface area contributed by atoms with Gasteiger partial charge in [0.1, 0.15) is 11.2 Å². The van der Waals surface area contributed by atoms with E-state index in [1.165, 1.54) is 17.7 Å². The SMILES string of the molecule is C.C1CCOC1.C[C@@H](CCC(=O)c1cc(F)c(F)c(F)c1)NC(=O)OC(C)(C)C.C[C@H]1CCC(=O)N1C(=O)OC(C)(C)C.C[C@H]1CCC(c2cc(F)c(F)c(F)c2)=N1.C[C@H]1CC[C@@H](c2cc(F)c(F)c(F)c2)N1.Fc1cc(I)cc(F)c1F.O=CC(F)(F)F.[2H]CC.[2H]CC. The molecule has 2 N–H and O–H groups in total. The van der Waals surface area contributed by atoms with E-state index in [9.17, 15) is 85.0 Å². The van der Waals surface area contributed by atoms with Crippen LogP contribution in [-0.4, -0.2) is 95.5 Å². The van der Waals surface area contributed by atoms with Crippen LogP contribution < -0.4 is 10.6 Å². The molecule has 12 nitrogen and oxygen atoms in total. The lowest BCUT2D eigenvalue weighted by Gasteiger charge is -2.25. The number of likely N-dealkylation sites (tertiary alicyclic amines) is 1. The summed E-state index contributed by atoms with van der Waals surface area (Å²) in [5, 5.41) is 5.74. The van der Waals surface area contributed by atoms with E-state index in [0.29, 0.717) is 65.2 Å². The zero-order valence-corrected chi connectivity index (χ0v) is 55.3. The van der Waals surface area contributed by atoms with E-state index in [4.69, 9.17) is 21.7 Å². The molecule has 4 aliphatic rings. The van der Waals surface area contributed by atoms with E-state index >= 15 is 0 Å². The number of aldehydes is 1. The molecule has 0 spiro atoms. The van der Waals surface area contributed by atoms with Crippen LogP contribution in [0.15, 0.2) is 53.5 Å². The van der Waals surface area contributed by atoms with Crippen LogP contribution in [0.5, 0.6) is 0 Å². The molecule has 93 heavy (non-hydrogen) atoms. The second kappa shape index (κ2) is 42.9. The van der Waals surface area contributed by atoms with Crippen LogP contribution in [0.4, 0.5) is 75.4 Å². The van der Waals surface area contributed by atoms with Crippen LogP contribution in [0.25, 0.3) is 0 Å². The van der Waals surface area contributed by atoms with E-state index in [1.54, 1.807) is 84.9 Å². The van der Waals surface area contributed by atoms with Crippen molar-refractivity contribution >= 4 is 58.5 Å². The Morgan fingerprint density at radius 1 is 0.699 bits per heavy atom. The van der Waals surface area contributed by atoms with Gasteiger partial charge in [-0.2, -0.15) is 13.2 Å². The Morgan fingerprint density at radius 3 is 1.46 bits per heavy atom. The number of Topliss-reactive ketones (excluding diaryl/α,β-unsaturated/α-hetero) is 1. The number of hydrogen-bond donors (Lipinski definition) is 2. The maximum absolute atomic E-state index is 13.1. The molecule has 28 heteroatoms. The summed E-state index contributed by atoms with van der Waals surface area (Å²) in [4.78, 5) is 60.5. The normalized spacial score (nSPS) is 17.5. The van der Waals surface area contributed by atoms with E-state index in [1.807, 2.05) is 20.8 Å². The van der Waals surface area contributed by atoms with Gasteiger partial charge in [-0.05, 0) is 197 Å². The summed E-state index contributed by atoms with van der Waals surface area (Å²) >= 11 is 1.70. The van der Waals surface area contributed by atoms with Gasteiger partial charge in [-0.25, -0.2) is 67.2 Å². The fourth-order valence-electron chi connectivity index (χ4n) is 7.89. The molecule has 5 atom stereocenters. The van der Waals surface area contributed by atoms with Gasteiger partial charge in [0.05, 0.1) is 0 Å². The van der Waals surface area contributed by atoms with Crippen molar-refractivity contribution in [2.45, 2.75) is 216 Å². The summed E-state index contributed by atoms with van der Waals surface area (Å²) in [5.74, 6) is -16.2. The number of imide groups is 1. The maximum atomic E-state index is 13.1. The number of aliphatic imine (C=N–C) groups is 1. The number of ketones is 1. The molecule has 0 bridgehead atoms. The third kappa shape index (κ3) is 34.6. The summed E-state index contributed by atoms with van der Waals surface area (Å²) in [5.41, 5.74) is 0.0558. The first-order chi connectivity index (χ1) is 43.5. The monoisotopic (exact) mass is 1460 g/mol. The molecular weight excluding hydrogens is 1380 g/mol. The first-order valence-electron chi connectivity index (χ1n) is 30.2. The first kappa shape index (κ1) is 84.7. The molecule has 0 unspecified atom stereocenters. The van der Waals surface area contributed by atoms with Gasteiger partial charge in [0, 0.05) is 79.4 Å². The zero-order valence-electron chi connectivity index (χ0n) is 55.2. The lowest BCUT2D eigenvalue weighted by molar-refractivity contribution is -0.156. The Hall–Kier alpha value is -6.30. The predicted molar refractivity (Wildman–Crippen MR) is 334 cm³/mol. The number of carbonyl (C=O) groups is 5. The Bertz CT molecular complexity index is 2980. The fraction of sp³-hybridized carbons (Fsp3) is 0.538. The highest BCUT2D eigenvalue weighted by atomic mass is 127. The molecule has 8 rings (SSSR count). The van der Waals surface area contributed by atoms with Gasteiger partial charge in [-0.15, -0.1) is 0 Å². The topological polar surface area (TPSA) is 153 Å². The summed E-state index contributed by atoms with van der Waals surface area (Å²) in [6.07, 6.45) is 0.438. The Balaban J connectivity index is 0. The molecule has 0 saturated carbocycles. The number of rotatable bonds is 7. The molecule has 0 aliphatic carbocycles. The number of carbonyl (C=O) groups excluding carboxylic acids is 5. The molecular formula is C65H86F15IN4O8. The molecule has 0 aromatic heterocycles. The molecule has 4 aromatic carbocycles. The van der Waals surface area contributed by atoms with Crippen molar-refractivity contribution in [3.63, 3.8) is 0 Å². The molecule has 4 aromatic rings. The standard InChI is InChI=1S/C16H20F3NO3.C11H12F3N.C11H10F3N.C10H17NO3.C6H2F3I.C4H8O.C2HF3O.2C2H6.CH4/c1-9(20-15(22)23-16(2,3)4)5-6-13(21)10-7-11(17)14(19)12(18)8-10;2*1-6-2-3-10(15-6)7-4-8(12)11(14)9(13)5-7;1-7-5-6-8(12)11(7)9(13)14-10(2,3)4;7-4-1-3(10)2-5(8)6(4)9;1-2-4-5-3-1;3-2(4,5)1-6;2*1-2;/h7-9H,5-6H2,1-4H3,(H,20,22);4-6,10,15H,2-3H2,1H3;4-6H,2-3H2,1H3;7H,5-6H2,1-4H3;1-2H;1-4H2;1H;2*1-2H3;1H4/t9-;6-,10-;6-;7-;;;;;;/m0000....../s1/i;;;;;;;2*1D;. The Morgan fingerprint density at radius 2 is 1.12 bits per heavy atom. The largest absolute Gasteiger partial charge is 0.446 e. The van der Waals surface area contributed by atoms with Crippen LogP contribution in [-0.2, 0) is 23.8 Å². The Labute approximate surface area is 551 Å². The number of benzene rings is 4. The zero-order chi connectivity index (χ0) is 72.6. The molecule has 3 fully saturated rings. The average Bonchev–Trinajstić information content (AvgIpc) is 1.85. The molecule has 0 radical (unpaired) electrons. The predicted octanol–water partition coefficient (Wildman–Crippen LogP) is 18.8. The van der Waals surface area contributed by atoms with Gasteiger partial charge in [-0.3, -0.25) is 19.4 Å². The van der Waals surface area contributed by atoms with Gasteiger partial charge in [0.2, 0.25) is 12.2 Å². The first-order valence-corrected chi connectivity index (χ1v) is 29.9. The summed E-state index contributed by atoms with van der Waals surface area (Å²) in [6, 6.07) is 7.35. The molecule has 3 amide bonds. The van der Waals surface area contributed by atoms with Crippen molar-refractivity contribution < 1.29 is 107 Å². The highest BCUT2D eigenvalue weighted by Gasteiger charge is 2.36. The van der Waals surface area contributed by atoms with Crippen molar-refractivity contribution in [2.24, 2.45) is 4.99 Å². The smallest absolute Gasteiger partial charge is 0.444 e. The van der Waals surface area contributed by atoms with Crippen LogP contribution in [0.1, 0.15) is 199 Å². The molecule has 3 saturated heterocycles. The van der Waals surface area contributed by atoms with Crippen molar-refractivity contribution in [2.75, 3.05) is 13.2 Å². The van der Waals surface area contributed by atoms with Gasteiger partial charge in [-0.1, -0.05) is 35.1 Å². The lowest BCUT2D eigenvalue weighted by atomic mass is 10.0. The molecule has 4 aliphatic heterocycles. The number of alkyl halides is 3. The van der Waals surface area contributed by atoms with Crippen LogP contribution >= 0.6 is 22.6 Å². The van der Waals surface area contributed by atoms with Crippen molar-refractivity contribution in [1.82, 2.24) is 15.5 Å². The number of halogens is 16. The van der Waals surface area contributed by atoms with Crippen LogP contribution in [0, 0.1) is 73.4 Å². The lowest BCUT2D eigenvalue weighted by Crippen LogP contribution is -2.41. The minimum atomic E-state index is -4.64. The van der Waals surface area contributed by atoms with E-state index in [-0.39, 0.29) is 55.9 Å². The van der Waals surface area contributed by atoms with Gasteiger partial charge >= 0.3 is 18.4 Å². The van der Waals surface area contributed by atoms with Gasteiger partial charge in [0.25, 0.3) is 0 Å². The number of hydrogen-bond acceptors (Lipinski definition) is 10. The van der Waals surface area contributed by atoms with Gasteiger partial charge < -0.3 is 24.8 Å². The molecule has 526 valence electrons. The second-order valence-corrected chi connectivity index (χ2v) is 23.5. The summed E-state index contributed by atoms with van der Waals surface area (Å²) in [6.45, 7) is 24.6. The Kier molecular flexibility index (Phi) is 39.1. The summed E-state index contributed by atoms with van der Waals surface area (Å²) < 4.78 is 212. The number of alkyl carbamates (subject to hydrolysis) is 1. The van der Waals surface area contributed by atoms with Crippen molar-refractivity contribution in [3.05, 3.63) is 139 Å². The minimum Gasteiger partial charge on any atom is -0.444 e. The third-order valence-corrected chi connectivity index (χ3v) is 12.8. The second-order valence-electron chi connectivity index (χ2n) is 22.3. The van der Waals surface area contributed by atoms with Crippen LogP contribution in [0.3, 0.4) is 0 Å². The maximum Gasteiger partial charge on any atom is 0.446 e. The number of nitrogens with one attached hydrogen (secondary N) is 2. The van der Waals surface area contributed by atoms with Gasteiger partial charge in [0.15, 0.2) is 75.6 Å². The third-order valence-electron chi connectivity index (χ3n) is 12.1. The minimum absolute atomic E-state index is 0. The van der Waals surface area contributed by atoms with E-state index in [0.717, 1.165) is 75.3 Å². The van der Waals surface area contributed by atoms with Crippen LogP contribution in [0.2, 0.25) is 0 Å². The van der Waals surface area contributed by atoms with E-state index in [2.05, 4.69) is 15.6 Å². The fourth-order valence-corrected chi connectivity index (χ4v) is 8.44. The van der Waals surface area contributed by atoms with E-state index < -0.39 is 111 Å². The highest BCUT2D eigenvalue weighted by molar-refractivity contribution is 14.1. The molecule has 4 heterocycles.